The van der Waals surface area contributed by atoms with Gasteiger partial charge in [0.15, 0.2) is 12.2 Å². The van der Waals surface area contributed by atoms with Crippen molar-refractivity contribution in [3.05, 3.63) is 89.4 Å². The van der Waals surface area contributed by atoms with Crippen LogP contribution in [-0.2, 0) is 6.54 Å². The number of benzene rings is 2. The van der Waals surface area contributed by atoms with E-state index < -0.39 is 0 Å². The van der Waals surface area contributed by atoms with Crippen molar-refractivity contribution in [2.24, 2.45) is 0 Å². The Balaban J connectivity index is 2.07. The third kappa shape index (κ3) is 2.61. The van der Waals surface area contributed by atoms with E-state index in [1.165, 1.54) is 4.57 Å². The molecule has 4 aromatic rings. The molecule has 25 heavy (non-hydrogen) atoms. The van der Waals surface area contributed by atoms with Gasteiger partial charge >= 0.3 is 0 Å². The SMILES string of the molecule is [CH2+]Cn1cnc2c(c(-c3ccccc3)cn2-c2ccc(Cl)cc2)c1=O. The van der Waals surface area contributed by atoms with Gasteiger partial charge in [-0.1, -0.05) is 41.9 Å². The summed E-state index contributed by atoms with van der Waals surface area (Å²) >= 11 is 6.00. The molecular formula is C20H15ClN3O+. The number of fused-ring (bicyclic) bond motifs is 1. The molecule has 5 heteroatoms. The highest BCUT2D eigenvalue weighted by Gasteiger charge is 2.17. The van der Waals surface area contributed by atoms with Gasteiger partial charge in [-0.3, -0.25) is 9.36 Å². The van der Waals surface area contributed by atoms with E-state index >= 15 is 0 Å². The third-order valence-electron chi connectivity index (χ3n) is 4.20. The predicted octanol–water partition coefficient (Wildman–Crippen LogP) is 4.34. The van der Waals surface area contributed by atoms with Crippen LogP contribution in [0.25, 0.3) is 27.8 Å². The number of hydrogen-bond acceptors (Lipinski definition) is 2. The first-order valence-electron chi connectivity index (χ1n) is 7.90. The Morgan fingerprint density at radius 2 is 1.76 bits per heavy atom. The first kappa shape index (κ1) is 15.5. The Labute approximate surface area is 149 Å². The van der Waals surface area contributed by atoms with Gasteiger partial charge in [-0.25, -0.2) is 4.98 Å². The Bertz CT molecular complexity index is 1100. The minimum Gasteiger partial charge on any atom is -0.300 e. The number of hydrogen-bond donors (Lipinski definition) is 0. The largest absolute Gasteiger partial charge is 0.300 e. The van der Waals surface area contributed by atoms with Crippen LogP contribution in [-0.4, -0.2) is 14.1 Å². The lowest BCUT2D eigenvalue weighted by Crippen LogP contribution is -2.19. The molecule has 4 nitrogen and oxygen atoms in total. The molecule has 0 fully saturated rings. The molecule has 122 valence electrons. The lowest BCUT2D eigenvalue weighted by atomic mass is 10.1. The fourth-order valence-electron chi connectivity index (χ4n) is 2.95. The summed E-state index contributed by atoms with van der Waals surface area (Å²) < 4.78 is 3.43. The summed E-state index contributed by atoms with van der Waals surface area (Å²) in [5.41, 5.74) is 3.25. The topological polar surface area (TPSA) is 39.8 Å². The highest BCUT2D eigenvalue weighted by atomic mass is 35.5. The molecule has 0 amide bonds. The van der Waals surface area contributed by atoms with Gasteiger partial charge in [-0.05, 0) is 29.8 Å². The fraction of sp³-hybridized carbons (Fsp3) is 0.0500. The molecule has 0 aliphatic rings. The zero-order valence-electron chi connectivity index (χ0n) is 13.4. The smallest absolute Gasteiger partial charge is 0.266 e. The maximum absolute atomic E-state index is 12.9. The molecule has 0 aliphatic carbocycles. The van der Waals surface area contributed by atoms with Gasteiger partial charge < -0.3 is 4.57 Å². The van der Waals surface area contributed by atoms with Crippen molar-refractivity contribution in [3.8, 4) is 16.8 Å². The maximum Gasteiger partial charge on any atom is 0.266 e. The van der Waals surface area contributed by atoms with Crippen LogP contribution in [0.2, 0.25) is 5.02 Å². The van der Waals surface area contributed by atoms with Gasteiger partial charge in [0.25, 0.3) is 5.56 Å². The van der Waals surface area contributed by atoms with Gasteiger partial charge in [-0.2, -0.15) is 0 Å². The monoisotopic (exact) mass is 348 g/mol. The highest BCUT2D eigenvalue weighted by Crippen LogP contribution is 2.29. The predicted molar refractivity (Wildman–Crippen MR) is 101 cm³/mol. The molecule has 0 atom stereocenters. The van der Waals surface area contributed by atoms with E-state index in [1.54, 1.807) is 6.33 Å². The van der Waals surface area contributed by atoms with E-state index in [4.69, 9.17) is 11.6 Å². The van der Waals surface area contributed by atoms with Crippen molar-refractivity contribution in [2.75, 3.05) is 0 Å². The molecule has 0 spiro atoms. The first-order chi connectivity index (χ1) is 12.2. The van der Waals surface area contributed by atoms with Gasteiger partial charge in [0.1, 0.15) is 6.33 Å². The summed E-state index contributed by atoms with van der Waals surface area (Å²) in [4.78, 5) is 17.4. The number of halogens is 1. The van der Waals surface area contributed by atoms with Crippen molar-refractivity contribution in [1.82, 2.24) is 14.1 Å². The first-order valence-corrected chi connectivity index (χ1v) is 8.28. The number of rotatable bonds is 3. The second-order valence-corrected chi connectivity index (χ2v) is 6.13. The van der Waals surface area contributed by atoms with Gasteiger partial charge in [0.2, 0.25) is 0 Å². The molecule has 0 N–H and O–H groups in total. The van der Waals surface area contributed by atoms with Crippen LogP contribution in [0.3, 0.4) is 0 Å². The Kier molecular flexibility index (Phi) is 3.82. The average Bonchev–Trinajstić information content (AvgIpc) is 3.04. The molecule has 0 saturated heterocycles. The van der Waals surface area contributed by atoms with Crippen LogP contribution < -0.4 is 5.56 Å². The van der Waals surface area contributed by atoms with E-state index in [0.29, 0.717) is 22.6 Å². The lowest BCUT2D eigenvalue weighted by Gasteiger charge is -2.05. The van der Waals surface area contributed by atoms with Crippen molar-refractivity contribution < 1.29 is 0 Å². The Morgan fingerprint density at radius 3 is 2.44 bits per heavy atom. The lowest BCUT2D eigenvalue weighted by molar-refractivity contribution is 0.762. The van der Waals surface area contributed by atoms with Gasteiger partial charge in [0, 0.05) is 22.5 Å². The van der Waals surface area contributed by atoms with E-state index in [0.717, 1.165) is 16.8 Å². The standard InChI is InChI=1S/C20H15ClN3O/c1-2-23-13-22-19-18(20(23)25)17(14-6-4-3-5-7-14)12-24(19)16-10-8-15(21)9-11-16/h3-13H,1-2H2/q+1. The molecule has 0 bridgehead atoms. The second-order valence-electron chi connectivity index (χ2n) is 5.70. The molecule has 2 aromatic heterocycles. The second kappa shape index (κ2) is 6.15. The van der Waals surface area contributed by atoms with E-state index in [2.05, 4.69) is 11.9 Å². The molecule has 0 aliphatic heterocycles. The molecule has 0 radical (unpaired) electrons. The van der Waals surface area contributed by atoms with Crippen LogP contribution in [0.1, 0.15) is 0 Å². The minimum atomic E-state index is -0.0911. The van der Waals surface area contributed by atoms with Crippen molar-refractivity contribution >= 4 is 22.6 Å². The summed E-state index contributed by atoms with van der Waals surface area (Å²) in [6.45, 7) is 4.14. The summed E-state index contributed by atoms with van der Waals surface area (Å²) in [5, 5.41) is 1.25. The molecule has 4 rings (SSSR count). The number of nitrogens with zero attached hydrogens (tertiary/aromatic N) is 3. The van der Waals surface area contributed by atoms with Crippen molar-refractivity contribution in [3.63, 3.8) is 0 Å². The Hall–Kier alpha value is -2.98. The molecular weight excluding hydrogens is 334 g/mol. The van der Waals surface area contributed by atoms with E-state index in [-0.39, 0.29) is 5.56 Å². The zero-order chi connectivity index (χ0) is 17.4. The summed E-state index contributed by atoms with van der Waals surface area (Å²) in [5.74, 6) is 0. The Morgan fingerprint density at radius 1 is 1.04 bits per heavy atom. The summed E-state index contributed by atoms with van der Waals surface area (Å²) in [7, 11) is 0. The summed E-state index contributed by atoms with van der Waals surface area (Å²) in [6, 6.07) is 17.3. The molecule has 2 heterocycles. The van der Waals surface area contributed by atoms with Crippen LogP contribution in [0.15, 0.2) is 71.9 Å². The van der Waals surface area contributed by atoms with Gasteiger partial charge in [-0.15, -0.1) is 0 Å². The number of aromatic nitrogens is 3. The van der Waals surface area contributed by atoms with Crippen LogP contribution in [0.4, 0.5) is 0 Å². The normalized spacial score (nSPS) is 11.1. The third-order valence-corrected chi connectivity index (χ3v) is 4.46. The average molecular weight is 349 g/mol. The molecule has 2 aromatic carbocycles. The quantitative estimate of drug-likeness (QED) is 0.517. The minimum absolute atomic E-state index is 0.0911. The van der Waals surface area contributed by atoms with Crippen LogP contribution >= 0.6 is 11.6 Å². The fourth-order valence-corrected chi connectivity index (χ4v) is 3.07. The highest BCUT2D eigenvalue weighted by molar-refractivity contribution is 6.30. The van der Waals surface area contributed by atoms with E-state index in [1.807, 2.05) is 65.4 Å². The van der Waals surface area contributed by atoms with Gasteiger partial charge in [0.05, 0.1) is 12.3 Å². The van der Waals surface area contributed by atoms with Crippen molar-refractivity contribution in [2.45, 2.75) is 6.54 Å². The van der Waals surface area contributed by atoms with E-state index in [9.17, 15) is 4.79 Å². The molecule has 0 saturated carbocycles. The summed E-state index contributed by atoms with van der Waals surface area (Å²) in [6.07, 6.45) is 3.49. The van der Waals surface area contributed by atoms with Crippen LogP contribution in [0.5, 0.6) is 0 Å². The van der Waals surface area contributed by atoms with Crippen molar-refractivity contribution in [1.29, 1.82) is 0 Å². The zero-order valence-corrected chi connectivity index (χ0v) is 14.1. The molecule has 0 unspecified atom stereocenters. The maximum atomic E-state index is 12.9. The van der Waals surface area contributed by atoms with Crippen LogP contribution in [0, 0.1) is 6.92 Å².